The standard InChI is InChI=1S/C14H22N2O2/c1-10-8-12-13(18-7-6-17-12)9-11(10)16-5-4-14(2,3)15/h8-9,16H,4-7,15H2,1-3H3. The van der Waals surface area contributed by atoms with E-state index in [1.54, 1.807) is 0 Å². The van der Waals surface area contributed by atoms with E-state index in [4.69, 9.17) is 15.2 Å². The molecule has 18 heavy (non-hydrogen) atoms. The maximum atomic E-state index is 5.96. The van der Waals surface area contributed by atoms with Crippen molar-refractivity contribution in [2.24, 2.45) is 5.73 Å². The highest BCUT2D eigenvalue weighted by atomic mass is 16.6. The summed E-state index contributed by atoms with van der Waals surface area (Å²) in [6, 6.07) is 4.03. The number of hydrogen-bond acceptors (Lipinski definition) is 4. The first-order valence-corrected chi connectivity index (χ1v) is 6.39. The van der Waals surface area contributed by atoms with Gasteiger partial charge in [-0.1, -0.05) is 0 Å². The van der Waals surface area contributed by atoms with Crippen LogP contribution >= 0.6 is 0 Å². The molecular formula is C14H22N2O2. The minimum Gasteiger partial charge on any atom is -0.486 e. The number of nitrogens with two attached hydrogens (primary N) is 1. The van der Waals surface area contributed by atoms with Crippen molar-refractivity contribution >= 4 is 5.69 Å². The summed E-state index contributed by atoms with van der Waals surface area (Å²) in [5.74, 6) is 1.66. The molecule has 4 nitrogen and oxygen atoms in total. The average Bonchev–Trinajstić information content (AvgIpc) is 2.28. The van der Waals surface area contributed by atoms with E-state index in [9.17, 15) is 0 Å². The Hall–Kier alpha value is -1.42. The number of benzene rings is 1. The number of nitrogens with one attached hydrogen (secondary N) is 1. The van der Waals surface area contributed by atoms with Crippen molar-refractivity contribution in [3.63, 3.8) is 0 Å². The molecule has 0 atom stereocenters. The first kappa shape index (κ1) is 13.0. The highest BCUT2D eigenvalue weighted by Crippen LogP contribution is 2.35. The summed E-state index contributed by atoms with van der Waals surface area (Å²) in [7, 11) is 0. The summed E-state index contributed by atoms with van der Waals surface area (Å²) in [6.45, 7) is 8.22. The van der Waals surface area contributed by atoms with Gasteiger partial charge in [0.25, 0.3) is 0 Å². The molecule has 1 aromatic carbocycles. The van der Waals surface area contributed by atoms with Gasteiger partial charge in [-0.2, -0.15) is 0 Å². The van der Waals surface area contributed by atoms with E-state index in [-0.39, 0.29) is 5.54 Å². The summed E-state index contributed by atoms with van der Waals surface area (Å²) < 4.78 is 11.1. The van der Waals surface area contributed by atoms with Gasteiger partial charge in [0.2, 0.25) is 0 Å². The Labute approximate surface area is 108 Å². The Morgan fingerprint density at radius 1 is 1.22 bits per heavy atom. The maximum absolute atomic E-state index is 5.96. The second-order valence-corrected chi connectivity index (χ2v) is 5.48. The third-order valence-electron chi connectivity index (χ3n) is 2.97. The lowest BCUT2D eigenvalue weighted by Gasteiger charge is -2.22. The van der Waals surface area contributed by atoms with Crippen LogP contribution in [-0.2, 0) is 0 Å². The van der Waals surface area contributed by atoms with Crippen LogP contribution in [-0.4, -0.2) is 25.3 Å². The Kier molecular flexibility index (Phi) is 3.66. The zero-order valence-corrected chi connectivity index (χ0v) is 11.4. The summed E-state index contributed by atoms with van der Waals surface area (Å²) >= 11 is 0. The first-order valence-electron chi connectivity index (χ1n) is 6.39. The van der Waals surface area contributed by atoms with Crippen LogP contribution < -0.4 is 20.5 Å². The molecule has 2 rings (SSSR count). The predicted molar refractivity (Wildman–Crippen MR) is 73.5 cm³/mol. The Bertz CT molecular complexity index is 425. The number of rotatable bonds is 4. The molecule has 0 saturated heterocycles. The van der Waals surface area contributed by atoms with Crippen molar-refractivity contribution < 1.29 is 9.47 Å². The van der Waals surface area contributed by atoms with Gasteiger partial charge >= 0.3 is 0 Å². The largest absolute Gasteiger partial charge is 0.486 e. The Morgan fingerprint density at radius 2 is 1.83 bits per heavy atom. The van der Waals surface area contributed by atoms with Gasteiger partial charge in [0, 0.05) is 23.8 Å². The number of ether oxygens (including phenoxy) is 2. The molecule has 0 unspecified atom stereocenters. The second-order valence-electron chi connectivity index (χ2n) is 5.48. The average molecular weight is 250 g/mol. The quantitative estimate of drug-likeness (QED) is 0.861. The highest BCUT2D eigenvalue weighted by Gasteiger charge is 2.15. The lowest BCUT2D eigenvalue weighted by Crippen LogP contribution is -2.34. The molecule has 0 bridgehead atoms. The smallest absolute Gasteiger partial charge is 0.163 e. The molecule has 1 aliphatic rings. The van der Waals surface area contributed by atoms with Crippen molar-refractivity contribution in [1.82, 2.24) is 0 Å². The molecule has 0 radical (unpaired) electrons. The van der Waals surface area contributed by atoms with Gasteiger partial charge in [-0.3, -0.25) is 0 Å². The van der Waals surface area contributed by atoms with Gasteiger partial charge in [-0.15, -0.1) is 0 Å². The first-order chi connectivity index (χ1) is 8.46. The molecular weight excluding hydrogens is 228 g/mol. The summed E-state index contributed by atoms with van der Waals surface area (Å²) in [6.07, 6.45) is 0.918. The van der Waals surface area contributed by atoms with Crippen LogP contribution in [0.3, 0.4) is 0 Å². The molecule has 0 aliphatic carbocycles. The van der Waals surface area contributed by atoms with E-state index in [2.05, 4.69) is 12.2 Å². The highest BCUT2D eigenvalue weighted by molar-refractivity contribution is 5.60. The lowest BCUT2D eigenvalue weighted by atomic mass is 10.0. The molecule has 4 heteroatoms. The van der Waals surface area contributed by atoms with Crippen LogP contribution in [0.5, 0.6) is 11.5 Å². The van der Waals surface area contributed by atoms with Gasteiger partial charge in [-0.25, -0.2) is 0 Å². The number of hydrogen-bond donors (Lipinski definition) is 2. The van der Waals surface area contributed by atoms with E-state index in [0.29, 0.717) is 13.2 Å². The molecule has 3 N–H and O–H groups in total. The molecule has 1 aromatic rings. The van der Waals surface area contributed by atoms with Crippen LogP contribution in [0, 0.1) is 6.92 Å². The van der Waals surface area contributed by atoms with Crippen LogP contribution in [0.25, 0.3) is 0 Å². The van der Waals surface area contributed by atoms with Gasteiger partial charge in [0.15, 0.2) is 11.5 Å². The molecule has 0 saturated carbocycles. The molecule has 100 valence electrons. The molecule has 0 amide bonds. The van der Waals surface area contributed by atoms with E-state index < -0.39 is 0 Å². The summed E-state index contributed by atoms with van der Waals surface area (Å²) in [4.78, 5) is 0. The molecule has 0 fully saturated rings. The minimum atomic E-state index is -0.144. The molecule has 1 aliphatic heterocycles. The fraction of sp³-hybridized carbons (Fsp3) is 0.571. The van der Waals surface area contributed by atoms with Gasteiger partial charge in [0.05, 0.1) is 0 Å². The zero-order chi connectivity index (χ0) is 13.2. The zero-order valence-electron chi connectivity index (χ0n) is 11.4. The molecule has 1 heterocycles. The second kappa shape index (κ2) is 5.06. The topological polar surface area (TPSA) is 56.5 Å². The third-order valence-corrected chi connectivity index (χ3v) is 2.97. The van der Waals surface area contributed by atoms with Crippen molar-refractivity contribution in [1.29, 1.82) is 0 Å². The van der Waals surface area contributed by atoms with Crippen LogP contribution in [0.4, 0.5) is 5.69 Å². The van der Waals surface area contributed by atoms with E-state index in [1.807, 2.05) is 26.0 Å². The Morgan fingerprint density at radius 3 is 2.44 bits per heavy atom. The van der Waals surface area contributed by atoms with Gasteiger partial charge in [0.1, 0.15) is 13.2 Å². The monoisotopic (exact) mass is 250 g/mol. The van der Waals surface area contributed by atoms with Crippen molar-refractivity contribution in [3.05, 3.63) is 17.7 Å². The van der Waals surface area contributed by atoms with E-state index in [0.717, 1.165) is 35.7 Å². The minimum absolute atomic E-state index is 0.144. The van der Waals surface area contributed by atoms with E-state index in [1.165, 1.54) is 0 Å². The van der Waals surface area contributed by atoms with Gasteiger partial charge in [-0.05, 0) is 38.8 Å². The SMILES string of the molecule is Cc1cc2c(cc1NCCC(C)(C)N)OCCO2. The fourth-order valence-corrected chi connectivity index (χ4v) is 1.90. The third kappa shape index (κ3) is 3.29. The fourth-order valence-electron chi connectivity index (χ4n) is 1.90. The molecule has 0 aromatic heterocycles. The van der Waals surface area contributed by atoms with Crippen molar-refractivity contribution in [2.75, 3.05) is 25.1 Å². The van der Waals surface area contributed by atoms with Crippen LogP contribution in [0.1, 0.15) is 25.8 Å². The van der Waals surface area contributed by atoms with E-state index >= 15 is 0 Å². The predicted octanol–water partition coefficient (Wildman–Crippen LogP) is 2.31. The summed E-state index contributed by atoms with van der Waals surface area (Å²) in [5, 5.41) is 3.40. The lowest BCUT2D eigenvalue weighted by molar-refractivity contribution is 0.171. The van der Waals surface area contributed by atoms with Crippen LogP contribution in [0.15, 0.2) is 12.1 Å². The summed E-state index contributed by atoms with van der Waals surface area (Å²) in [5.41, 5.74) is 8.07. The number of anilines is 1. The molecule has 0 spiro atoms. The maximum Gasteiger partial charge on any atom is 0.163 e. The Balaban J connectivity index is 2.04. The van der Waals surface area contributed by atoms with Crippen LogP contribution in [0.2, 0.25) is 0 Å². The van der Waals surface area contributed by atoms with Gasteiger partial charge < -0.3 is 20.5 Å². The number of aryl methyl sites for hydroxylation is 1. The van der Waals surface area contributed by atoms with Crippen molar-refractivity contribution in [2.45, 2.75) is 32.7 Å². The normalized spacial score (nSPS) is 14.4. The number of fused-ring (bicyclic) bond motifs is 1. The van der Waals surface area contributed by atoms with Crippen molar-refractivity contribution in [3.8, 4) is 11.5 Å².